The first kappa shape index (κ1) is 18.5. The minimum absolute atomic E-state index is 0.00203. The van der Waals surface area contributed by atoms with Gasteiger partial charge in [0.25, 0.3) is 0 Å². The number of carbonyl (C=O) groups is 1. The van der Waals surface area contributed by atoms with Gasteiger partial charge in [0.05, 0.1) is 18.3 Å². The van der Waals surface area contributed by atoms with Crippen LogP contribution in [0.2, 0.25) is 0 Å². The number of aryl methyl sites for hydroxylation is 1. The second-order valence-electron chi connectivity index (χ2n) is 6.64. The van der Waals surface area contributed by atoms with E-state index in [2.05, 4.69) is 15.4 Å². The Labute approximate surface area is 154 Å². The van der Waals surface area contributed by atoms with Crippen molar-refractivity contribution in [1.29, 1.82) is 0 Å². The molecule has 0 spiro atoms. The Hall–Kier alpha value is -2.34. The maximum atomic E-state index is 12.4. The third kappa shape index (κ3) is 4.64. The van der Waals surface area contributed by atoms with Crippen molar-refractivity contribution in [2.45, 2.75) is 45.6 Å². The third-order valence-electron chi connectivity index (χ3n) is 4.69. The van der Waals surface area contributed by atoms with Crippen molar-refractivity contribution in [3.63, 3.8) is 0 Å². The van der Waals surface area contributed by atoms with E-state index in [0.717, 1.165) is 36.5 Å². The number of carbonyl (C=O) groups excluding carboxylic acids is 1. The molecule has 1 aliphatic rings. The fourth-order valence-corrected chi connectivity index (χ4v) is 3.45. The fourth-order valence-electron chi connectivity index (χ4n) is 3.45. The number of ether oxygens (including phenoxy) is 1. The molecule has 1 atom stereocenters. The van der Waals surface area contributed by atoms with E-state index < -0.39 is 0 Å². The number of aromatic nitrogens is 1. The van der Waals surface area contributed by atoms with Gasteiger partial charge in [0.2, 0.25) is 5.91 Å². The van der Waals surface area contributed by atoms with E-state index >= 15 is 0 Å². The smallest absolute Gasteiger partial charge is 0.225 e. The SMILES string of the molecule is CCOc1ccccc1NC(=O)CCN1CCCC[C@H]1c1cc(C)on1. The fraction of sp³-hybridized carbons (Fsp3) is 0.500. The minimum Gasteiger partial charge on any atom is -0.492 e. The van der Waals surface area contributed by atoms with E-state index in [0.29, 0.717) is 25.3 Å². The summed E-state index contributed by atoms with van der Waals surface area (Å²) in [5, 5.41) is 7.15. The predicted molar refractivity (Wildman–Crippen MR) is 100 cm³/mol. The summed E-state index contributed by atoms with van der Waals surface area (Å²) in [6.45, 7) is 6.10. The molecule has 1 saturated heterocycles. The maximum absolute atomic E-state index is 12.4. The molecule has 1 amide bonds. The second-order valence-corrected chi connectivity index (χ2v) is 6.64. The summed E-state index contributed by atoms with van der Waals surface area (Å²) in [4.78, 5) is 14.8. The lowest BCUT2D eigenvalue weighted by Gasteiger charge is -2.34. The van der Waals surface area contributed by atoms with Gasteiger partial charge in [-0.2, -0.15) is 0 Å². The summed E-state index contributed by atoms with van der Waals surface area (Å²) in [6.07, 6.45) is 3.83. The molecule has 6 nitrogen and oxygen atoms in total. The summed E-state index contributed by atoms with van der Waals surface area (Å²) in [5.74, 6) is 1.53. The lowest BCUT2D eigenvalue weighted by atomic mass is 9.99. The normalized spacial score (nSPS) is 17.8. The Bertz CT molecular complexity index is 729. The molecule has 0 radical (unpaired) electrons. The third-order valence-corrected chi connectivity index (χ3v) is 4.69. The zero-order valence-corrected chi connectivity index (χ0v) is 15.5. The van der Waals surface area contributed by atoms with E-state index in [9.17, 15) is 4.79 Å². The minimum atomic E-state index is -0.00203. The number of rotatable bonds is 7. The van der Waals surface area contributed by atoms with E-state index in [1.807, 2.05) is 44.2 Å². The summed E-state index contributed by atoms with van der Waals surface area (Å²) in [5.41, 5.74) is 1.70. The van der Waals surface area contributed by atoms with E-state index in [1.165, 1.54) is 6.42 Å². The quantitative estimate of drug-likeness (QED) is 0.813. The lowest BCUT2D eigenvalue weighted by molar-refractivity contribution is -0.116. The van der Waals surface area contributed by atoms with Crippen LogP contribution >= 0.6 is 0 Å². The highest BCUT2D eigenvalue weighted by Gasteiger charge is 2.26. The lowest BCUT2D eigenvalue weighted by Crippen LogP contribution is -2.35. The Morgan fingerprint density at radius 3 is 3.00 bits per heavy atom. The molecule has 1 aliphatic heterocycles. The molecule has 3 rings (SSSR count). The summed E-state index contributed by atoms with van der Waals surface area (Å²) < 4.78 is 10.8. The molecule has 2 aromatic rings. The molecule has 0 unspecified atom stereocenters. The van der Waals surface area contributed by atoms with Gasteiger partial charge in [-0.3, -0.25) is 9.69 Å². The standard InChI is InChI=1S/C20H27N3O3/c1-3-25-19-10-5-4-8-16(19)21-20(24)11-13-23-12-7-6-9-18(23)17-14-15(2)26-22-17/h4-5,8,10,14,18H,3,6-7,9,11-13H2,1-2H3,(H,21,24)/t18-/m0/s1. The van der Waals surface area contributed by atoms with Crippen LogP contribution in [0.1, 0.15) is 50.1 Å². The van der Waals surface area contributed by atoms with Crippen LogP contribution in [0.4, 0.5) is 5.69 Å². The van der Waals surface area contributed by atoms with Gasteiger partial charge in [0.1, 0.15) is 17.2 Å². The van der Waals surface area contributed by atoms with Crippen LogP contribution in [0.3, 0.4) is 0 Å². The van der Waals surface area contributed by atoms with Crippen LogP contribution in [0.5, 0.6) is 5.75 Å². The molecular weight excluding hydrogens is 330 g/mol. The molecular formula is C20H27N3O3. The van der Waals surface area contributed by atoms with Crippen molar-refractivity contribution in [3.05, 3.63) is 41.8 Å². The van der Waals surface area contributed by atoms with E-state index in [1.54, 1.807) is 0 Å². The number of para-hydroxylation sites is 2. The van der Waals surface area contributed by atoms with Crippen LogP contribution in [-0.2, 0) is 4.79 Å². The van der Waals surface area contributed by atoms with E-state index in [4.69, 9.17) is 9.26 Å². The molecule has 0 saturated carbocycles. The summed E-state index contributed by atoms with van der Waals surface area (Å²) >= 11 is 0. The molecule has 1 N–H and O–H groups in total. The van der Waals surface area contributed by atoms with Crippen LogP contribution < -0.4 is 10.1 Å². The van der Waals surface area contributed by atoms with Gasteiger partial charge in [-0.15, -0.1) is 0 Å². The van der Waals surface area contributed by atoms with Crippen molar-refractivity contribution in [2.24, 2.45) is 0 Å². The number of amides is 1. The van der Waals surface area contributed by atoms with Gasteiger partial charge in [0.15, 0.2) is 0 Å². The number of benzene rings is 1. The second kappa shape index (κ2) is 8.85. The number of hydrogen-bond acceptors (Lipinski definition) is 5. The van der Waals surface area contributed by atoms with Crippen molar-refractivity contribution in [2.75, 3.05) is 25.0 Å². The van der Waals surface area contributed by atoms with Crippen LogP contribution in [0.25, 0.3) is 0 Å². The highest BCUT2D eigenvalue weighted by molar-refractivity contribution is 5.92. The topological polar surface area (TPSA) is 67.6 Å². The molecule has 1 aromatic carbocycles. The van der Waals surface area contributed by atoms with Crippen molar-refractivity contribution < 1.29 is 14.1 Å². The van der Waals surface area contributed by atoms with Crippen LogP contribution in [0, 0.1) is 6.92 Å². The summed E-state index contributed by atoms with van der Waals surface area (Å²) in [6, 6.07) is 9.77. The van der Waals surface area contributed by atoms with Gasteiger partial charge in [-0.1, -0.05) is 23.7 Å². The molecule has 0 bridgehead atoms. The first-order valence-electron chi connectivity index (χ1n) is 9.36. The molecule has 1 aromatic heterocycles. The Balaban J connectivity index is 1.58. The number of nitrogens with zero attached hydrogens (tertiary/aromatic N) is 2. The van der Waals surface area contributed by atoms with Gasteiger partial charge < -0.3 is 14.6 Å². The number of hydrogen-bond donors (Lipinski definition) is 1. The van der Waals surface area contributed by atoms with E-state index in [-0.39, 0.29) is 11.9 Å². The zero-order valence-electron chi connectivity index (χ0n) is 15.5. The monoisotopic (exact) mass is 357 g/mol. The number of piperidine rings is 1. The molecule has 2 heterocycles. The largest absolute Gasteiger partial charge is 0.492 e. The molecule has 140 valence electrons. The molecule has 1 fully saturated rings. The average Bonchev–Trinajstić information content (AvgIpc) is 3.08. The summed E-state index contributed by atoms with van der Waals surface area (Å²) in [7, 11) is 0. The number of nitrogens with one attached hydrogen (secondary N) is 1. The average molecular weight is 357 g/mol. The number of likely N-dealkylation sites (tertiary alicyclic amines) is 1. The predicted octanol–water partition coefficient (Wildman–Crippen LogP) is 3.94. The molecule has 26 heavy (non-hydrogen) atoms. The molecule has 6 heteroatoms. The van der Waals surface area contributed by atoms with Crippen LogP contribution in [0.15, 0.2) is 34.9 Å². The first-order valence-corrected chi connectivity index (χ1v) is 9.36. The van der Waals surface area contributed by atoms with Crippen LogP contribution in [-0.4, -0.2) is 35.7 Å². The van der Waals surface area contributed by atoms with Crippen molar-refractivity contribution >= 4 is 11.6 Å². The van der Waals surface area contributed by atoms with Gasteiger partial charge in [-0.05, 0) is 45.4 Å². The maximum Gasteiger partial charge on any atom is 0.225 e. The number of anilines is 1. The van der Waals surface area contributed by atoms with Gasteiger partial charge in [-0.25, -0.2) is 0 Å². The Kier molecular flexibility index (Phi) is 6.28. The van der Waals surface area contributed by atoms with Gasteiger partial charge in [0, 0.05) is 19.0 Å². The van der Waals surface area contributed by atoms with Crippen molar-refractivity contribution in [1.82, 2.24) is 10.1 Å². The highest BCUT2D eigenvalue weighted by Crippen LogP contribution is 2.30. The van der Waals surface area contributed by atoms with Gasteiger partial charge >= 0.3 is 0 Å². The van der Waals surface area contributed by atoms with Crippen molar-refractivity contribution in [3.8, 4) is 5.75 Å². The highest BCUT2D eigenvalue weighted by atomic mass is 16.5. The Morgan fingerprint density at radius 1 is 1.38 bits per heavy atom. The first-order chi connectivity index (χ1) is 12.7. The Morgan fingerprint density at radius 2 is 2.23 bits per heavy atom. The zero-order chi connectivity index (χ0) is 18.4. The molecule has 0 aliphatic carbocycles.